The summed E-state index contributed by atoms with van der Waals surface area (Å²) >= 11 is 0. The van der Waals surface area contributed by atoms with Crippen molar-refractivity contribution in [2.45, 2.75) is 14.4 Å². The number of carbonyl (C=O) groups is 1. The maximum absolute atomic E-state index is 10.8. The van der Waals surface area contributed by atoms with E-state index in [0.29, 0.717) is 11.1 Å². The van der Waals surface area contributed by atoms with Gasteiger partial charge < -0.3 is 0 Å². The van der Waals surface area contributed by atoms with Crippen LogP contribution in [0.5, 0.6) is 0 Å². The van der Waals surface area contributed by atoms with E-state index in [1.165, 1.54) is 6.92 Å². The van der Waals surface area contributed by atoms with Gasteiger partial charge in [-0.15, -0.1) is 0 Å². The molecule has 0 unspecified atom stereocenters. The maximum atomic E-state index is 10.8. The van der Waals surface area contributed by atoms with Crippen molar-refractivity contribution < 1.29 is 4.79 Å². The number of nitriles is 1. The highest BCUT2D eigenvalue weighted by molar-refractivity contribution is 5.94. The first-order valence-corrected chi connectivity index (χ1v) is 3.25. The van der Waals surface area contributed by atoms with E-state index in [4.69, 9.17) is 5.26 Å². The van der Waals surface area contributed by atoms with E-state index >= 15 is 0 Å². The van der Waals surface area contributed by atoms with Crippen LogP contribution in [0.3, 0.4) is 0 Å². The molecule has 0 heterocycles. The molecular weight excluding hydrogens is 150 g/mol. The second-order valence-corrected chi connectivity index (χ2v) is 2.25. The lowest BCUT2D eigenvalue weighted by atomic mass is 10.1. The van der Waals surface area contributed by atoms with E-state index < -0.39 is 0 Å². The molecule has 0 saturated heterocycles. The van der Waals surface area contributed by atoms with Gasteiger partial charge in [0, 0.05) is 5.56 Å². The molecule has 62 valence electrons. The molecular formula is C10H11NO. The Balaban J connectivity index is 0.00000121. The number of benzene rings is 1. The van der Waals surface area contributed by atoms with Gasteiger partial charge in [0.25, 0.3) is 0 Å². The molecule has 0 aliphatic rings. The van der Waals surface area contributed by atoms with Crippen LogP contribution in [0, 0.1) is 11.3 Å². The number of nitrogens with zero attached hydrogens (tertiary/aromatic N) is 1. The first kappa shape index (κ1) is 10.4. The molecule has 0 saturated carbocycles. The summed E-state index contributed by atoms with van der Waals surface area (Å²) in [5.74, 6) is 0.0227. The summed E-state index contributed by atoms with van der Waals surface area (Å²) in [6.45, 7) is 1.50. The van der Waals surface area contributed by atoms with Crippen LogP contribution in [-0.4, -0.2) is 5.78 Å². The summed E-state index contributed by atoms with van der Waals surface area (Å²) in [4.78, 5) is 10.8. The Morgan fingerprint density at radius 2 is 1.83 bits per heavy atom. The summed E-state index contributed by atoms with van der Waals surface area (Å²) in [5.41, 5.74) is 1.22. The van der Waals surface area contributed by atoms with Crippen LogP contribution in [0.4, 0.5) is 0 Å². The lowest BCUT2D eigenvalue weighted by Crippen LogP contribution is -1.90. The minimum atomic E-state index is 0. The number of carbonyl (C=O) groups excluding carboxylic acids is 1. The molecule has 2 nitrogen and oxygen atoms in total. The SMILES string of the molecule is C.CC(=O)c1ccc(C#N)cc1. The zero-order chi connectivity index (χ0) is 8.27. The van der Waals surface area contributed by atoms with E-state index in [1.54, 1.807) is 24.3 Å². The van der Waals surface area contributed by atoms with Crippen molar-refractivity contribution in [3.05, 3.63) is 35.4 Å². The molecule has 0 amide bonds. The summed E-state index contributed by atoms with van der Waals surface area (Å²) in [7, 11) is 0. The predicted molar refractivity (Wildman–Crippen MR) is 47.9 cm³/mol. The van der Waals surface area contributed by atoms with Gasteiger partial charge in [-0.1, -0.05) is 19.6 Å². The van der Waals surface area contributed by atoms with Gasteiger partial charge in [-0.05, 0) is 19.1 Å². The van der Waals surface area contributed by atoms with E-state index in [0.717, 1.165) is 0 Å². The van der Waals surface area contributed by atoms with Gasteiger partial charge in [0.1, 0.15) is 0 Å². The molecule has 2 heteroatoms. The second-order valence-electron chi connectivity index (χ2n) is 2.25. The van der Waals surface area contributed by atoms with E-state index in [1.807, 2.05) is 6.07 Å². The van der Waals surface area contributed by atoms with Crippen LogP contribution in [0.2, 0.25) is 0 Å². The first-order chi connectivity index (χ1) is 5.24. The predicted octanol–water partition coefficient (Wildman–Crippen LogP) is 2.40. The molecule has 1 aromatic rings. The fourth-order valence-corrected chi connectivity index (χ4v) is 0.779. The zero-order valence-electron chi connectivity index (χ0n) is 6.16. The van der Waals surface area contributed by atoms with Crippen molar-refractivity contribution in [3.63, 3.8) is 0 Å². The smallest absolute Gasteiger partial charge is 0.159 e. The molecule has 0 aromatic heterocycles. The van der Waals surface area contributed by atoms with Crippen molar-refractivity contribution in [2.24, 2.45) is 0 Å². The number of rotatable bonds is 1. The fourth-order valence-electron chi connectivity index (χ4n) is 0.779. The molecule has 0 spiro atoms. The van der Waals surface area contributed by atoms with E-state index in [-0.39, 0.29) is 13.2 Å². The Kier molecular flexibility index (Phi) is 3.72. The average molecular weight is 161 g/mol. The third-order valence-corrected chi connectivity index (χ3v) is 1.42. The quantitative estimate of drug-likeness (QED) is 0.593. The monoisotopic (exact) mass is 161 g/mol. The zero-order valence-corrected chi connectivity index (χ0v) is 6.16. The van der Waals surface area contributed by atoms with Crippen LogP contribution < -0.4 is 0 Å². The topological polar surface area (TPSA) is 40.9 Å². The molecule has 0 atom stereocenters. The molecule has 0 N–H and O–H groups in total. The van der Waals surface area contributed by atoms with Gasteiger partial charge in [-0.3, -0.25) is 4.79 Å². The van der Waals surface area contributed by atoms with E-state index in [9.17, 15) is 4.79 Å². The molecule has 0 aliphatic heterocycles. The van der Waals surface area contributed by atoms with Crippen molar-refractivity contribution in [3.8, 4) is 6.07 Å². The second kappa shape index (κ2) is 4.30. The minimum Gasteiger partial charge on any atom is -0.295 e. The van der Waals surface area contributed by atoms with Crippen molar-refractivity contribution in [1.29, 1.82) is 5.26 Å². The largest absolute Gasteiger partial charge is 0.295 e. The average Bonchev–Trinajstić information content (AvgIpc) is 2.05. The number of hydrogen-bond acceptors (Lipinski definition) is 2. The molecule has 0 bridgehead atoms. The molecule has 1 aromatic carbocycles. The van der Waals surface area contributed by atoms with Gasteiger partial charge >= 0.3 is 0 Å². The molecule has 0 fully saturated rings. The Hall–Kier alpha value is -1.62. The molecule has 0 radical (unpaired) electrons. The lowest BCUT2D eigenvalue weighted by Gasteiger charge is -1.92. The Morgan fingerprint density at radius 1 is 1.33 bits per heavy atom. The highest BCUT2D eigenvalue weighted by atomic mass is 16.1. The van der Waals surface area contributed by atoms with Gasteiger partial charge in [0.15, 0.2) is 5.78 Å². The van der Waals surface area contributed by atoms with Crippen LogP contribution >= 0.6 is 0 Å². The standard InChI is InChI=1S/C9H7NO.CH4/c1-7(11)9-4-2-8(6-10)3-5-9;/h2-5H,1H3;1H4. The fraction of sp³-hybridized carbons (Fsp3) is 0.200. The molecule has 1 rings (SSSR count). The number of Topliss-reactive ketones (excluding diaryl/α,β-unsaturated/α-hetero) is 1. The maximum Gasteiger partial charge on any atom is 0.159 e. The highest BCUT2D eigenvalue weighted by Crippen LogP contribution is 2.03. The normalized spacial score (nSPS) is 8.00. The van der Waals surface area contributed by atoms with Gasteiger partial charge in [-0.2, -0.15) is 5.26 Å². The van der Waals surface area contributed by atoms with Gasteiger partial charge in [0.05, 0.1) is 11.6 Å². The van der Waals surface area contributed by atoms with Crippen molar-refractivity contribution >= 4 is 5.78 Å². The number of ketones is 1. The van der Waals surface area contributed by atoms with Crippen LogP contribution in [0.15, 0.2) is 24.3 Å². The minimum absolute atomic E-state index is 0. The summed E-state index contributed by atoms with van der Waals surface area (Å²) in [6, 6.07) is 8.56. The Labute approximate surface area is 72.5 Å². The Morgan fingerprint density at radius 3 is 2.17 bits per heavy atom. The van der Waals surface area contributed by atoms with Crippen LogP contribution in [-0.2, 0) is 0 Å². The van der Waals surface area contributed by atoms with Crippen LogP contribution in [0.25, 0.3) is 0 Å². The Bertz CT molecular complexity index is 306. The summed E-state index contributed by atoms with van der Waals surface area (Å²) < 4.78 is 0. The molecule has 0 aliphatic carbocycles. The van der Waals surface area contributed by atoms with Crippen molar-refractivity contribution in [1.82, 2.24) is 0 Å². The number of hydrogen-bond donors (Lipinski definition) is 0. The summed E-state index contributed by atoms with van der Waals surface area (Å²) in [6.07, 6.45) is 0. The lowest BCUT2D eigenvalue weighted by molar-refractivity contribution is 0.101. The highest BCUT2D eigenvalue weighted by Gasteiger charge is 1.96. The van der Waals surface area contributed by atoms with Crippen LogP contribution in [0.1, 0.15) is 30.3 Å². The van der Waals surface area contributed by atoms with Gasteiger partial charge in [0.2, 0.25) is 0 Å². The van der Waals surface area contributed by atoms with E-state index in [2.05, 4.69) is 0 Å². The third kappa shape index (κ3) is 2.21. The first-order valence-electron chi connectivity index (χ1n) is 3.25. The summed E-state index contributed by atoms with van der Waals surface area (Å²) in [5, 5.41) is 8.43. The van der Waals surface area contributed by atoms with Gasteiger partial charge in [-0.25, -0.2) is 0 Å². The molecule has 12 heavy (non-hydrogen) atoms. The third-order valence-electron chi connectivity index (χ3n) is 1.42. The van der Waals surface area contributed by atoms with Crippen molar-refractivity contribution in [2.75, 3.05) is 0 Å².